The number of carbonyl (C=O) groups is 5. The van der Waals surface area contributed by atoms with Gasteiger partial charge in [0.25, 0.3) is 0 Å². The Labute approximate surface area is 178 Å². The molecule has 0 aromatic rings. The minimum Gasteiger partial charge on any atom is -0.368 e. The fourth-order valence-corrected chi connectivity index (χ4v) is 2.79. The first kappa shape index (κ1) is 27.5. The maximum absolute atomic E-state index is 12.0. The van der Waals surface area contributed by atoms with Crippen molar-refractivity contribution in [3.05, 3.63) is 0 Å². The molecular weight excluding hydrogens is 390 g/mol. The molecule has 0 fully saturated rings. The number of carbonyl (C=O) groups excluding carboxylic acids is 5. The molecule has 172 valence electrons. The lowest BCUT2D eigenvalue weighted by molar-refractivity contribution is -0.127. The molecule has 0 saturated carbocycles. The number of rotatable bonds is 17. The van der Waals surface area contributed by atoms with Crippen LogP contribution in [0.2, 0.25) is 0 Å². The zero-order valence-electron chi connectivity index (χ0n) is 18.3. The summed E-state index contributed by atoms with van der Waals surface area (Å²) in [6.45, 7) is 6.31. The van der Waals surface area contributed by atoms with Gasteiger partial charge in [-0.05, 0) is 38.6 Å². The molecule has 10 heteroatoms. The summed E-state index contributed by atoms with van der Waals surface area (Å²) in [5.41, 5.74) is 5.33. The molecule has 0 rings (SSSR count). The van der Waals surface area contributed by atoms with Crippen LogP contribution in [0.15, 0.2) is 0 Å². The van der Waals surface area contributed by atoms with Crippen molar-refractivity contribution >= 4 is 29.4 Å². The van der Waals surface area contributed by atoms with Crippen molar-refractivity contribution in [1.82, 2.24) is 21.3 Å². The molecule has 4 amide bonds. The molecule has 0 saturated heterocycles. The molecule has 0 unspecified atom stereocenters. The van der Waals surface area contributed by atoms with E-state index in [0.29, 0.717) is 38.8 Å². The molecule has 0 aromatic heterocycles. The number of nitrogens with one attached hydrogen (secondary N) is 4. The molecule has 0 radical (unpaired) electrons. The Morgan fingerprint density at radius 3 is 2.10 bits per heavy atom. The van der Waals surface area contributed by atoms with E-state index in [1.54, 1.807) is 0 Å². The molecule has 0 bridgehead atoms. The van der Waals surface area contributed by atoms with Gasteiger partial charge in [0.1, 0.15) is 6.04 Å². The van der Waals surface area contributed by atoms with Crippen molar-refractivity contribution in [3.63, 3.8) is 0 Å². The molecule has 0 aliphatic carbocycles. The summed E-state index contributed by atoms with van der Waals surface area (Å²) in [6, 6.07) is -1.46. The van der Waals surface area contributed by atoms with E-state index < -0.39 is 18.0 Å². The second kappa shape index (κ2) is 16.3. The van der Waals surface area contributed by atoms with Gasteiger partial charge in [-0.25, -0.2) is 0 Å². The Morgan fingerprint density at radius 2 is 1.53 bits per heavy atom. The maximum atomic E-state index is 12.0. The number of hydrogen-bond donors (Lipinski definition) is 5. The van der Waals surface area contributed by atoms with Crippen LogP contribution in [0, 0.1) is 0 Å². The van der Waals surface area contributed by atoms with E-state index in [4.69, 9.17) is 5.73 Å². The third-order valence-electron chi connectivity index (χ3n) is 4.31. The summed E-state index contributed by atoms with van der Waals surface area (Å²) in [6.07, 6.45) is 3.00. The third-order valence-corrected chi connectivity index (χ3v) is 4.31. The standard InChI is InChI=1S/C20H37N5O5/c1-4-7-17(27)15(24-14(3)26)9-10-18(28)23-12-6-8-16(20(21)30)25-19(29)13-22-11-5-2/h15-16,22H,4-13H2,1-3H3,(H2,21,30)(H,23,28)(H,24,26)(H,25,29)/t15-,16-/m0/s1. The van der Waals surface area contributed by atoms with Crippen molar-refractivity contribution < 1.29 is 24.0 Å². The van der Waals surface area contributed by atoms with Crippen LogP contribution in [0.5, 0.6) is 0 Å². The van der Waals surface area contributed by atoms with E-state index in [0.717, 1.165) is 6.42 Å². The smallest absolute Gasteiger partial charge is 0.240 e. The predicted octanol–water partition coefficient (Wildman–Crippen LogP) is -0.493. The van der Waals surface area contributed by atoms with Crippen LogP contribution >= 0.6 is 0 Å². The first-order valence-corrected chi connectivity index (χ1v) is 10.6. The monoisotopic (exact) mass is 427 g/mol. The predicted molar refractivity (Wildman–Crippen MR) is 113 cm³/mol. The van der Waals surface area contributed by atoms with Gasteiger partial charge in [0.15, 0.2) is 5.78 Å². The molecule has 0 spiro atoms. The van der Waals surface area contributed by atoms with Gasteiger partial charge in [-0.3, -0.25) is 24.0 Å². The van der Waals surface area contributed by atoms with E-state index in [-0.39, 0.29) is 42.9 Å². The summed E-state index contributed by atoms with van der Waals surface area (Å²) >= 11 is 0. The zero-order valence-corrected chi connectivity index (χ0v) is 18.3. The van der Waals surface area contributed by atoms with Crippen LogP contribution in [0.25, 0.3) is 0 Å². The highest BCUT2D eigenvalue weighted by Crippen LogP contribution is 2.04. The zero-order chi connectivity index (χ0) is 22.9. The van der Waals surface area contributed by atoms with Crippen molar-refractivity contribution in [1.29, 1.82) is 0 Å². The number of primary amides is 1. The van der Waals surface area contributed by atoms with E-state index in [9.17, 15) is 24.0 Å². The summed E-state index contributed by atoms with van der Waals surface area (Å²) in [5, 5.41) is 10.8. The average molecular weight is 428 g/mol. The minimum atomic E-state index is -0.798. The van der Waals surface area contributed by atoms with Crippen LogP contribution < -0.4 is 27.0 Å². The van der Waals surface area contributed by atoms with Gasteiger partial charge in [-0.2, -0.15) is 0 Å². The van der Waals surface area contributed by atoms with Gasteiger partial charge in [0.05, 0.1) is 12.6 Å². The van der Waals surface area contributed by atoms with Crippen molar-refractivity contribution in [3.8, 4) is 0 Å². The minimum absolute atomic E-state index is 0.0889. The van der Waals surface area contributed by atoms with Gasteiger partial charge in [-0.1, -0.05) is 13.8 Å². The van der Waals surface area contributed by atoms with Gasteiger partial charge in [0.2, 0.25) is 23.6 Å². The van der Waals surface area contributed by atoms with Crippen LogP contribution in [0.1, 0.15) is 65.7 Å². The van der Waals surface area contributed by atoms with Crippen molar-refractivity contribution in [2.45, 2.75) is 77.8 Å². The first-order valence-electron chi connectivity index (χ1n) is 10.6. The Kier molecular flexibility index (Phi) is 15.0. The second-order valence-electron chi connectivity index (χ2n) is 7.20. The van der Waals surface area contributed by atoms with E-state index in [2.05, 4.69) is 21.3 Å². The fourth-order valence-electron chi connectivity index (χ4n) is 2.79. The molecule has 0 heterocycles. The topological polar surface area (TPSA) is 159 Å². The highest BCUT2D eigenvalue weighted by Gasteiger charge is 2.20. The van der Waals surface area contributed by atoms with Crippen LogP contribution in [-0.2, 0) is 24.0 Å². The average Bonchev–Trinajstić information content (AvgIpc) is 2.67. The van der Waals surface area contributed by atoms with Crippen LogP contribution in [-0.4, -0.2) is 61.1 Å². The first-order chi connectivity index (χ1) is 14.2. The Bertz CT molecular complexity index is 582. The summed E-state index contributed by atoms with van der Waals surface area (Å²) in [4.78, 5) is 58.6. The number of ketones is 1. The summed E-state index contributed by atoms with van der Waals surface area (Å²) in [5.74, 6) is -1.59. The second-order valence-corrected chi connectivity index (χ2v) is 7.20. The van der Waals surface area contributed by atoms with Gasteiger partial charge >= 0.3 is 0 Å². The lowest BCUT2D eigenvalue weighted by Crippen LogP contribution is -2.47. The number of hydrogen-bond acceptors (Lipinski definition) is 6. The number of amides is 4. The van der Waals surface area contributed by atoms with E-state index in [1.807, 2.05) is 13.8 Å². The fraction of sp³-hybridized carbons (Fsp3) is 0.750. The Morgan fingerprint density at radius 1 is 0.833 bits per heavy atom. The molecular formula is C20H37N5O5. The van der Waals surface area contributed by atoms with Crippen molar-refractivity contribution in [2.75, 3.05) is 19.6 Å². The molecule has 0 aliphatic rings. The normalized spacial score (nSPS) is 12.5. The molecule has 2 atom stereocenters. The largest absolute Gasteiger partial charge is 0.368 e. The SMILES string of the molecule is CCCNCC(=O)N[C@@H](CCCNC(=O)CC[C@H](NC(C)=O)C(=O)CCC)C(N)=O. The van der Waals surface area contributed by atoms with Crippen molar-refractivity contribution in [2.24, 2.45) is 5.73 Å². The van der Waals surface area contributed by atoms with Gasteiger partial charge < -0.3 is 27.0 Å². The highest BCUT2D eigenvalue weighted by atomic mass is 16.2. The van der Waals surface area contributed by atoms with Crippen LogP contribution in [0.3, 0.4) is 0 Å². The van der Waals surface area contributed by atoms with E-state index >= 15 is 0 Å². The lowest BCUT2D eigenvalue weighted by atomic mass is 10.0. The number of nitrogens with two attached hydrogens (primary N) is 1. The highest BCUT2D eigenvalue weighted by molar-refractivity contribution is 5.89. The molecule has 10 nitrogen and oxygen atoms in total. The molecule has 0 aromatic carbocycles. The lowest BCUT2D eigenvalue weighted by Gasteiger charge is -2.17. The van der Waals surface area contributed by atoms with Gasteiger partial charge in [-0.15, -0.1) is 0 Å². The quantitative estimate of drug-likeness (QED) is 0.197. The molecule has 30 heavy (non-hydrogen) atoms. The maximum Gasteiger partial charge on any atom is 0.240 e. The van der Waals surface area contributed by atoms with E-state index in [1.165, 1.54) is 6.92 Å². The molecule has 0 aliphatic heterocycles. The molecule has 6 N–H and O–H groups in total. The third kappa shape index (κ3) is 13.6. The Balaban J connectivity index is 4.27. The number of Topliss-reactive ketones (excluding diaryl/α,β-unsaturated/α-hetero) is 1. The van der Waals surface area contributed by atoms with Crippen LogP contribution in [0.4, 0.5) is 0 Å². The summed E-state index contributed by atoms with van der Waals surface area (Å²) in [7, 11) is 0. The van der Waals surface area contributed by atoms with Gasteiger partial charge in [0, 0.05) is 26.3 Å². The Hall–Kier alpha value is -2.49. The summed E-state index contributed by atoms with van der Waals surface area (Å²) < 4.78 is 0.